The standard InChI is InChI=1S/C15H11ClN2O2S/c16-12-6-2-1-4-10(12)9-18-14(19)13(17-15(18)21)8-11-5-3-7-20-11/h1-8H,9H2,(H,17,21)/b13-8-. The maximum atomic E-state index is 12.4. The van der Waals surface area contributed by atoms with E-state index in [0.29, 0.717) is 28.1 Å². The van der Waals surface area contributed by atoms with Gasteiger partial charge in [-0.3, -0.25) is 9.69 Å². The zero-order valence-corrected chi connectivity index (χ0v) is 12.4. The van der Waals surface area contributed by atoms with E-state index in [0.717, 1.165) is 5.56 Å². The Hall–Kier alpha value is -2.11. The minimum Gasteiger partial charge on any atom is -0.465 e. The van der Waals surface area contributed by atoms with Crippen molar-refractivity contribution in [1.82, 2.24) is 10.2 Å². The first-order valence-electron chi connectivity index (χ1n) is 6.26. The van der Waals surface area contributed by atoms with Gasteiger partial charge in [0, 0.05) is 11.1 Å². The highest BCUT2D eigenvalue weighted by molar-refractivity contribution is 7.80. The molecule has 1 saturated heterocycles. The van der Waals surface area contributed by atoms with Gasteiger partial charge in [-0.15, -0.1) is 0 Å². The molecule has 1 aromatic carbocycles. The van der Waals surface area contributed by atoms with Gasteiger partial charge < -0.3 is 9.73 Å². The fraction of sp³-hybridized carbons (Fsp3) is 0.0667. The maximum absolute atomic E-state index is 12.4. The summed E-state index contributed by atoms with van der Waals surface area (Å²) in [7, 11) is 0. The van der Waals surface area contributed by atoms with Gasteiger partial charge in [-0.05, 0) is 36.0 Å². The highest BCUT2D eigenvalue weighted by Gasteiger charge is 2.31. The number of carbonyl (C=O) groups is 1. The molecule has 1 aliphatic heterocycles. The summed E-state index contributed by atoms with van der Waals surface area (Å²) in [6, 6.07) is 10.9. The fourth-order valence-electron chi connectivity index (χ4n) is 2.03. The number of hydrogen-bond donors (Lipinski definition) is 1. The van der Waals surface area contributed by atoms with Crippen LogP contribution in [0.5, 0.6) is 0 Å². The summed E-state index contributed by atoms with van der Waals surface area (Å²) in [6.45, 7) is 0.333. The Balaban J connectivity index is 1.83. The van der Waals surface area contributed by atoms with Crippen molar-refractivity contribution in [3.05, 3.63) is 64.7 Å². The molecule has 1 N–H and O–H groups in total. The smallest absolute Gasteiger partial charge is 0.276 e. The van der Waals surface area contributed by atoms with Gasteiger partial charge in [-0.1, -0.05) is 29.8 Å². The summed E-state index contributed by atoms with van der Waals surface area (Å²) >= 11 is 11.3. The average molecular weight is 319 g/mol. The maximum Gasteiger partial charge on any atom is 0.276 e. The molecule has 4 nitrogen and oxygen atoms in total. The lowest BCUT2D eigenvalue weighted by atomic mass is 10.2. The number of hydrogen-bond acceptors (Lipinski definition) is 3. The monoisotopic (exact) mass is 318 g/mol. The first-order chi connectivity index (χ1) is 10.1. The van der Waals surface area contributed by atoms with Gasteiger partial charge in [0.1, 0.15) is 11.5 Å². The Labute approximate surface area is 132 Å². The summed E-state index contributed by atoms with van der Waals surface area (Å²) in [5.41, 5.74) is 1.23. The lowest BCUT2D eigenvalue weighted by Gasteiger charge is -2.14. The summed E-state index contributed by atoms with van der Waals surface area (Å²) in [4.78, 5) is 13.9. The number of nitrogens with one attached hydrogen (secondary N) is 1. The molecule has 0 bridgehead atoms. The van der Waals surface area contributed by atoms with Crippen molar-refractivity contribution in [2.45, 2.75) is 6.54 Å². The van der Waals surface area contributed by atoms with Crippen LogP contribution >= 0.6 is 23.8 Å². The van der Waals surface area contributed by atoms with Gasteiger partial charge in [0.05, 0.1) is 12.8 Å². The van der Waals surface area contributed by atoms with Crippen LogP contribution in [0.1, 0.15) is 11.3 Å². The van der Waals surface area contributed by atoms with E-state index in [2.05, 4.69) is 5.32 Å². The van der Waals surface area contributed by atoms with E-state index in [1.54, 1.807) is 30.5 Å². The van der Waals surface area contributed by atoms with E-state index in [-0.39, 0.29) is 5.91 Å². The second kappa shape index (κ2) is 5.71. The van der Waals surface area contributed by atoms with Crippen LogP contribution in [0.15, 0.2) is 52.8 Å². The Kier molecular flexibility index (Phi) is 3.77. The van der Waals surface area contributed by atoms with E-state index < -0.39 is 0 Å². The molecule has 0 atom stereocenters. The number of nitrogens with zero attached hydrogens (tertiary/aromatic N) is 1. The van der Waals surface area contributed by atoms with Crippen LogP contribution in [0.2, 0.25) is 5.02 Å². The highest BCUT2D eigenvalue weighted by Crippen LogP contribution is 2.21. The number of halogens is 1. The molecule has 2 heterocycles. The molecular weight excluding hydrogens is 308 g/mol. The molecule has 2 aromatic rings. The van der Waals surface area contributed by atoms with Crippen LogP contribution < -0.4 is 5.32 Å². The molecule has 1 aliphatic rings. The van der Waals surface area contributed by atoms with Crippen molar-refractivity contribution in [2.75, 3.05) is 0 Å². The number of amides is 1. The van der Waals surface area contributed by atoms with E-state index >= 15 is 0 Å². The van der Waals surface area contributed by atoms with Crippen molar-refractivity contribution in [3.63, 3.8) is 0 Å². The topological polar surface area (TPSA) is 45.5 Å². The average Bonchev–Trinajstić information content (AvgIpc) is 3.05. The predicted octanol–water partition coefficient (Wildman–Crippen LogP) is 3.19. The fourth-order valence-corrected chi connectivity index (χ4v) is 2.48. The first kappa shape index (κ1) is 13.9. The quantitative estimate of drug-likeness (QED) is 0.697. The van der Waals surface area contributed by atoms with Crippen LogP contribution in [0.4, 0.5) is 0 Å². The molecule has 1 fully saturated rings. The van der Waals surface area contributed by atoms with E-state index in [4.69, 9.17) is 28.2 Å². The van der Waals surface area contributed by atoms with Crippen molar-refractivity contribution in [2.24, 2.45) is 0 Å². The Morgan fingerprint density at radius 3 is 2.81 bits per heavy atom. The number of carbonyl (C=O) groups excluding carboxylic acids is 1. The van der Waals surface area contributed by atoms with Gasteiger partial charge in [0.15, 0.2) is 5.11 Å². The Morgan fingerprint density at radius 1 is 1.29 bits per heavy atom. The third-order valence-corrected chi connectivity index (χ3v) is 3.77. The van der Waals surface area contributed by atoms with Crippen LogP contribution in [-0.4, -0.2) is 15.9 Å². The molecule has 1 amide bonds. The van der Waals surface area contributed by atoms with E-state index in [1.165, 1.54) is 4.90 Å². The first-order valence-corrected chi connectivity index (χ1v) is 7.05. The minimum atomic E-state index is -0.198. The van der Waals surface area contributed by atoms with Gasteiger partial charge in [-0.25, -0.2) is 0 Å². The number of rotatable bonds is 3. The Morgan fingerprint density at radius 2 is 2.10 bits per heavy atom. The SMILES string of the molecule is O=C1/C(=C/c2ccco2)NC(=S)N1Cc1ccccc1Cl. The molecule has 6 heteroatoms. The summed E-state index contributed by atoms with van der Waals surface area (Å²) in [6.07, 6.45) is 3.17. The zero-order valence-electron chi connectivity index (χ0n) is 10.9. The predicted molar refractivity (Wildman–Crippen MR) is 84.4 cm³/mol. The third kappa shape index (κ3) is 2.84. The van der Waals surface area contributed by atoms with E-state index in [9.17, 15) is 4.79 Å². The van der Waals surface area contributed by atoms with Gasteiger partial charge >= 0.3 is 0 Å². The Bertz CT molecular complexity index is 725. The summed E-state index contributed by atoms with van der Waals surface area (Å²) in [5, 5.41) is 3.86. The van der Waals surface area contributed by atoms with Gasteiger partial charge in [0.2, 0.25) is 0 Å². The van der Waals surface area contributed by atoms with Crippen molar-refractivity contribution in [1.29, 1.82) is 0 Å². The molecule has 0 saturated carbocycles. The lowest BCUT2D eigenvalue weighted by Crippen LogP contribution is -2.30. The molecule has 0 radical (unpaired) electrons. The lowest BCUT2D eigenvalue weighted by molar-refractivity contribution is -0.122. The molecule has 21 heavy (non-hydrogen) atoms. The summed E-state index contributed by atoms with van der Waals surface area (Å²) < 4.78 is 5.20. The van der Waals surface area contributed by atoms with Gasteiger partial charge in [0.25, 0.3) is 5.91 Å². The molecule has 0 spiro atoms. The molecule has 106 valence electrons. The zero-order chi connectivity index (χ0) is 14.8. The summed E-state index contributed by atoms with van der Waals surface area (Å²) in [5.74, 6) is 0.393. The second-order valence-corrected chi connectivity index (χ2v) is 5.28. The van der Waals surface area contributed by atoms with Crippen LogP contribution in [0.25, 0.3) is 6.08 Å². The normalized spacial score (nSPS) is 16.6. The largest absolute Gasteiger partial charge is 0.465 e. The molecule has 3 rings (SSSR count). The number of furan rings is 1. The molecule has 0 unspecified atom stereocenters. The van der Waals surface area contributed by atoms with Crippen LogP contribution in [0.3, 0.4) is 0 Å². The highest BCUT2D eigenvalue weighted by atomic mass is 35.5. The van der Waals surface area contributed by atoms with E-state index in [1.807, 2.05) is 18.2 Å². The van der Waals surface area contributed by atoms with Crippen LogP contribution in [-0.2, 0) is 11.3 Å². The third-order valence-electron chi connectivity index (χ3n) is 3.08. The second-order valence-electron chi connectivity index (χ2n) is 4.49. The number of thiocarbonyl (C=S) groups is 1. The minimum absolute atomic E-state index is 0.198. The van der Waals surface area contributed by atoms with Gasteiger partial charge in [-0.2, -0.15) is 0 Å². The van der Waals surface area contributed by atoms with Crippen LogP contribution in [0, 0.1) is 0 Å². The van der Waals surface area contributed by atoms with Crippen molar-refractivity contribution < 1.29 is 9.21 Å². The van der Waals surface area contributed by atoms with Crippen molar-refractivity contribution >= 4 is 40.9 Å². The molecular formula is C15H11ClN2O2S. The number of benzene rings is 1. The molecule has 1 aromatic heterocycles. The molecule has 0 aliphatic carbocycles. The van der Waals surface area contributed by atoms with Crippen molar-refractivity contribution in [3.8, 4) is 0 Å².